The van der Waals surface area contributed by atoms with Crippen LogP contribution in [0.15, 0.2) is 24.5 Å². The van der Waals surface area contributed by atoms with Crippen molar-refractivity contribution in [2.75, 3.05) is 5.32 Å². The molecule has 0 radical (unpaired) electrons. The van der Waals surface area contributed by atoms with Gasteiger partial charge in [0.05, 0.1) is 5.69 Å². The van der Waals surface area contributed by atoms with Gasteiger partial charge in [0.2, 0.25) is 0 Å². The molecule has 1 saturated carbocycles. The lowest BCUT2D eigenvalue weighted by atomic mass is 10.0. The van der Waals surface area contributed by atoms with Crippen LogP contribution in [-0.4, -0.2) is 57.0 Å². The zero-order valence-electron chi connectivity index (χ0n) is 18.8. The van der Waals surface area contributed by atoms with Crippen LogP contribution in [-0.2, 0) is 20.3 Å². The number of aromatic nitrogens is 5. The van der Waals surface area contributed by atoms with Crippen LogP contribution >= 0.6 is 0 Å². The molecule has 0 bridgehead atoms. The van der Waals surface area contributed by atoms with Crippen molar-refractivity contribution in [3.63, 3.8) is 0 Å². The Morgan fingerprint density at radius 3 is 2.80 bits per heavy atom. The van der Waals surface area contributed by atoms with Crippen LogP contribution in [0.5, 0.6) is 0 Å². The first-order valence-corrected chi connectivity index (χ1v) is 12.5. The first-order valence-electron chi connectivity index (χ1n) is 10.8. The summed E-state index contributed by atoms with van der Waals surface area (Å²) in [7, 11) is -5.36. The molecule has 0 spiro atoms. The first-order chi connectivity index (χ1) is 16.4. The Labute approximate surface area is 198 Å². The van der Waals surface area contributed by atoms with Gasteiger partial charge in [-0.05, 0) is 39.2 Å². The molecule has 3 aromatic heterocycles. The van der Waals surface area contributed by atoms with Crippen molar-refractivity contribution >= 4 is 33.1 Å². The summed E-state index contributed by atoms with van der Waals surface area (Å²) in [5, 5.41) is 16.8. The van der Waals surface area contributed by atoms with E-state index in [-0.39, 0.29) is 35.1 Å². The largest absolute Gasteiger partial charge is 0.497 e. The van der Waals surface area contributed by atoms with Crippen LogP contribution in [0.4, 0.5) is 29.6 Å². The standard InChI is InChI=1S/C20H24F3N7O4S/c1-11(2)25-19(31)34-14-4-3-12(7-14)15-9-17(28-27-15)26-18-16-8-13(29-30(16)6-5-24-18)10-35(32,33)20(21,22)23/h5-6,8-9,11-12,14H,3-4,7,10H2,1-2H3,(H,25,31)(H2,24,26,27,28). The van der Waals surface area contributed by atoms with E-state index in [0.717, 1.165) is 18.5 Å². The first kappa shape index (κ1) is 24.8. The molecule has 2 unspecified atom stereocenters. The maximum atomic E-state index is 12.7. The Morgan fingerprint density at radius 1 is 1.31 bits per heavy atom. The van der Waals surface area contributed by atoms with E-state index in [1.165, 1.54) is 23.0 Å². The number of anilines is 2. The summed E-state index contributed by atoms with van der Waals surface area (Å²) in [4.78, 5) is 16.0. The topological polar surface area (TPSA) is 143 Å². The lowest BCUT2D eigenvalue weighted by molar-refractivity contribution is -0.0438. The van der Waals surface area contributed by atoms with E-state index < -0.39 is 27.2 Å². The minimum atomic E-state index is -5.36. The maximum absolute atomic E-state index is 12.7. The molecule has 2 atom stereocenters. The van der Waals surface area contributed by atoms with Gasteiger partial charge in [-0.25, -0.2) is 22.7 Å². The molecule has 1 amide bonds. The highest BCUT2D eigenvalue weighted by Crippen LogP contribution is 2.36. The number of hydrogen-bond acceptors (Lipinski definition) is 8. The number of carbonyl (C=O) groups excluding carboxylic acids is 1. The highest BCUT2D eigenvalue weighted by Gasteiger charge is 2.45. The third-order valence-corrected chi connectivity index (χ3v) is 6.86. The quantitative estimate of drug-likeness (QED) is 0.434. The number of nitrogens with one attached hydrogen (secondary N) is 3. The van der Waals surface area contributed by atoms with E-state index in [0.29, 0.717) is 12.2 Å². The van der Waals surface area contributed by atoms with Crippen molar-refractivity contribution in [2.24, 2.45) is 0 Å². The fourth-order valence-electron chi connectivity index (χ4n) is 3.90. The molecule has 3 N–H and O–H groups in total. The smallest absolute Gasteiger partial charge is 0.446 e. The molecular weight excluding hydrogens is 491 g/mol. The van der Waals surface area contributed by atoms with E-state index in [1.807, 2.05) is 13.8 Å². The van der Waals surface area contributed by atoms with Gasteiger partial charge in [0, 0.05) is 36.1 Å². The lowest BCUT2D eigenvalue weighted by Crippen LogP contribution is -2.33. The van der Waals surface area contributed by atoms with Crippen molar-refractivity contribution in [1.29, 1.82) is 0 Å². The van der Waals surface area contributed by atoms with Crippen LogP contribution in [0.3, 0.4) is 0 Å². The molecule has 0 saturated heterocycles. The minimum absolute atomic E-state index is 0.0140. The van der Waals surface area contributed by atoms with Crippen LogP contribution in [0.1, 0.15) is 50.4 Å². The van der Waals surface area contributed by atoms with Crippen LogP contribution in [0, 0.1) is 0 Å². The van der Waals surface area contributed by atoms with Gasteiger partial charge >= 0.3 is 11.6 Å². The number of alkyl halides is 3. The normalized spacial score (nSPS) is 18.8. The van der Waals surface area contributed by atoms with Crippen LogP contribution in [0.2, 0.25) is 0 Å². The van der Waals surface area contributed by atoms with Crippen molar-refractivity contribution < 1.29 is 31.1 Å². The van der Waals surface area contributed by atoms with Crippen molar-refractivity contribution in [3.8, 4) is 0 Å². The van der Waals surface area contributed by atoms with Gasteiger partial charge < -0.3 is 15.4 Å². The Morgan fingerprint density at radius 2 is 2.09 bits per heavy atom. The van der Waals surface area contributed by atoms with Gasteiger partial charge in [0.1, 0.15) is 17.4 Å². The van der Waals surface area contributed by atoms with Crippen molar-refractivity contribution in [3.05, 3.63) is 35.9 Å². The fourth-order valence-corrected chi connectivity index (χ4v) is 4.59. The third kappa shape index (κ3) is 5.66. The van der Waals surface area contributed by atoms with E-state index in [9.17, 15) is 26.4 Å². The zero-order chi connectivity index (χ0) is 25.4. The van der Waals surface area contributed by atoms with Gasteiger partial charge in [-0.15, -0.1) is 0 Å². The Kier molecular flexibility index (Phi) is 6.62. The van der Waals surface area contributed by atoms with Crippen molar-refractivity contribution in [2.45, 2.75) is 62.4 Å². The summed E-state index contributed by atoms with van der Waals surface area (Å²) in [6, 6.07) is 2.99. The second-order valence-electron chi connectivity index (χ2n) is 8.62. The molecule has 1 aliphatic carbocycles. The van der Waals surface area contributed by atoms with Crippen LogP contribution < -0.4 is 10.6 Å². The van der Waals surface area contributed by atoms with E-state index in [2.05, 4.69) is 30.9 Å². The lowest BCUT2D eigenvalue weighted by Gasteiger charge is -2.14. The Bertz CT molecular complexity index is 1320. The average Bonchev–Trinajstić information content (AvgIpc) is 3.46. The second-order valence-corrected chi connectivity index (χ2v) is 10.6. The molecular formula is C20H24F3N7O4S. The van der Waals surface area contributed by atoms with E-state index in [4.69, 9.17) is 4.74 Å². The van der Waals surface area contributed by atoms with Gasteiger partial charge in [0.25, 0.3) is 9.84 Å². The molecule has 190 valence electrons. The molecule has 35 heavy (non-hydrogen) atoms. The molecule has 0 aromatic carbocycles. The number of carbonyl (C=O) groups is 1. The highest BCUT2D eigenvalue weighted by atomic mass is 32.2. The third-order valence-electron chi connectivity index (χ3n) is 5.48. The number of H-pyrrole nitrogens is 1. The van der Waals surface area contributed by atoms with E-state index >= 15 is 0 Å². The molecule has 15 heteroatoms. The number of halogens is 3. The summed E-state index contributed by atoms with van der Waals surface area (Å²) in [6.45, 7) is 3.70. The van der Waals surface area contributed by atoms with Gasteiger partial charge in [-0.1, -0.05) is 0 Å². The number of hydrogen-bond donors (Lipinski definition) is 3. The molecule has 4 rings (SSSR count). The number of fused-ring (bicyclic) bond motifs is 1. The predicted molar refractivity (Wildman–Crippen MR) is 119 cm³/mol. The number of alkyl carbamates (subject to hydrolysis) is 1. The van der Waals surface area contributed by atoms with Gasteiger partial charge in [0.15, 0.2) is 11.6 Å². The SMILES string of the molecule is CC(C)NC(=O)OC1CCC(c2cc(Nc3nccn4nc(CS(=O)(=O)C(F)(F)F)cc34)n[nH]2)C1. The minimum Gasteiger partial charge on any atom is -0.446 e. The number of rotatable bonds is 7. The summed E-state index contributed by atoms with van der Waals surface area (Å²) >= 11 is 0. The molecule has 3 heterocycles. The highest BCUT2D eigenvalue weighted by molar-refractivity contribution is 7.91. The monoisotopic (exact) mass is 515 g/mol. The molecule has 3 aromatic rings. The number of amides is 1. The second kappa shape index (κ2) is 9.36. The molecule has 1 aliphatic rings. The number of nitrogens with zero attached hydrogens (tertiary/aromatic N) is 4. The van der Waals surface area contributed by atoms with Crippen molar-refractivity contribution in [1.82, 2.24) is 30.1 Å². The van der Waals surface area contributed by atoms with Gasteiger partial charge in [-0.3, -0.25) is 5.10 Å². The summed E-state index contributed by atoms with van der Waals surface area (Å²) in [6.07, 6.45) is 4.29. The zero-order valence-corrected chi connectivity index (χ0v) is 19.7. The Hall–Kier alpha value is -3.36. The number of sulfone groups is 1. The number of aromatic amines is 1. The fraction of sp³-hybridized carbons (Fsp3) is 0.500. The average molecular weight is 516 g/mol. The molecule has 0 aliphatic heterocycles. The summed E-state index contributed by atoms with van der Waals surface area (Å²) < 4.78 is 67.8. The predicted octanol–water partition coefficient (Wildman–Crippen LogP) is 3.40. The summed E-state index contributed by atoms with van der Waals surface area (Å²) in [5.41, 5.74) is -4.51. The maximum Gasteiger partial charge on any atom is 0.497 e. The summed E-state index contributed by atoms with van der Waals surface area (Å²) in [5.74, 6) is -0.516. The van der Waals surface area contributed by atoms with E-state index in [1.54, 1.807) is 6.07 Å². The number of ether oxygens (including phenoxy) is 1. The van der Waals surface area contributed by atoms with Gasteiger partial charge in [-0.2, -0.15) is 23.4 Å². The Balaban J connectivity index is 1.44. The molecule has 1 fully saturated rings. The molecule has 11 nitrogen and oxygen atoms in total. The van der Waals surface area contributed by atoms with Crippen LogP contribution in [0.25, 0.3) is 5.52 Å².